The van der Waals surface area contributed by atoms with Crippen LogP contribution in [-0.4, -0.2) is 28.9 Å². The number of aromatic carboxylic acids is 1. The van der Waals surface area contributed by atoms with Gasteiger partial charge in [0, 0.05) is 6.42 Å². The predicted octanol–water partition coefficient (Wildman–Crippen LogP) is 1.26. The molecule has 2 rings (SSSR count). The number of phenols is 1. The zero-order valence-corrected chi connectivity index (χ0v) is 8.84. The molecule has 1 heterocycles. The minimum Gasteiger partial charge on any atom is -0.507 e. The zero-order chi connectivity index (χ0) is 12.4. The molecule has 1 aliphatic rings. The summed E-state index contributed by atoms with van der Waals surface area (Å²) in [5, 5.41) is 20.8. The van der Waals surface area contributed by atoms with Gasteiger partial charge in [0.15, 0.2) is 0 Å². The molecular weight excluding hydrogens is 226 g/mol. The Kier molecular flexibility index (Phi) is 2.86. The summed E-state index contributed by atoms with van der Waals surface area (Å²) < 4.78 is 4.72. The van der Waals surface area contributed by atoms with E-state index in [2.05, 4.69) is 5.32 Å². The van der Waals surface area contributed by atoms with Crippen LogP contribution in [0.5, 0.6) is 5.75 Å². The third-order valence-corrected chi connectivity index (χ3v) is 2.59. The molecule has 0 bridgehead atoms. The zero-order valence-electron chi connectivity index (χ0n) is 8.84. The fourth-order valence-electron chi connectivity index (χ4n) is 1.72. The second-order valence-corrected chi connectivity index (χ2v) is 3.70. The number of hydrogen-bond acceptors (Lipinski definition) is 4. The smallest absolute Gasteiger partial charge is 0.407 e. The van der Waals surface area contributed by atoms with E-state index >= 15 is 0 Å². The molecule has 1 saturated heterocycles. The van der Waals surface area contributed by atoms with Crippen molar-refractivity contribution >= 4 is 12.1 Å². The van der Waals surface area contributed by atoms with E-state index in [1.807, 2.05) is 0 Å². The number of aromatic hydroxyl groups is 1. The second-order valence-electron chi connectivity index (χ2n) is 3.70. The first-order valence-corrected chi connectivity index (χ1v) is 5.07. The fourth-order valence-corrected chi connectivity index (χ4v) is 1.72. The number of benzene rings is 1. The highest BCUT2D eigenvalue weighted by Gasteiger charge is 2.22. The van der Waals surface area contributed by atoms with E-state index < -0.39 is 12.1 Å². The average Bonchev–Trinajstić information content (AvgIpc) is 2.29. The SMILES string of the molecule is O=C1N[C@H](c2ccc(O)c(C(=O)O)c2)CCO1. The molecule has 3 N–H and O–H groups in total. The van der Waals surface area contributed by atoms with E-state index in [1.54, 1.807) is 6.07 Å². The largest absolute Gasteiger partial charge is 0.507 e. The summed E-state index contributed by atoms with van der Waals surface area (Å²) in [6, 6.07) is 3.96. The lowest BCUT2D eigenvalue weighted by molar-refractivity contribution is 0.0693. The molecule has 17 heavy (non-hydrogen) atoms. The van der Waals surface area contributed by atoms with Crippen molar-refractivity contribution in [2.45, 2.75) is 12.5 Å². The first kappa shape index (κ1) is 11.3. The van der Waals surface area contributed by atoms with Crippen LogP contribution in [0.4, 0.5) is 4.79 Å². The topological polar surface area (TPSA) is 95.9 Å². The molecule has 1 aromatic rings. The third kappa shape index (κ3) is 2.30. The van der Waals surface area contributed by atoms with Crippen LogP contribution in [0.25, 0.3) is 0 Å². The van der Waals surface area contributed by atoms with Crippen LogP contribution in [0.1, 0.15) is 28.4 Å². The summed E-state index contributed by atoms with van der Waals surface area (Å²) in [6.07, 6.45) is 0.0430. The van der Waals surface area contributed by atoms with Gasteiger partial charge in [0.2, 0.25) is 0 Å². The molecule has 1 aromatic carbocycles. The van der Waals surface area contributed by atoms with Gasteiger partial charge in [-0.3, -0.25) is 0 Å². The Labute approximate surface area is 96.8 Å². The van der Waals surface area contributed by atoms with Crippen molar-refractivity contribution in [3.8, 4) is 5.75 Å². The molecule has 90 valence electrons. The number of carbonyl (C=O) groups excluding carboxylic acids is 1. The first-order valence-electron chi connectivity index (χ1n) is 5.07. The Morgan fingerprint density at radius 1 is 1.47 bits per heavy atom. The maximum absolute atomic E-state index is 11.0. The second kappa shape index (κ2) is 4.32. The van der Waals surface area contributed by atoms with E-state index in [1.165, 1.54) is 12.1 Å². The maximum Gasteiger partial charge on any atom is 0.407 e. The molecule has 0 spiro atoms. The number of nitrogens with one attached hydrogen (secondary N) is 1. The quantitative estimate of drug-likeness (QED) is 0.719. The van der Waals surface area contributed by atoms with Gasteiger partial charge in [0.1, 0.15) is 11.3 Å². The van der Waals surface area contributed by atoms with Crippen molar-refractivity contribution in [3.63, 3.8) is 0 Å². The molecule has 1 fully saturated rings. The van der Waals surface area contributed by atoms with Gasteiger partial charge in [-0.05, 0) is 17.7 Å². The summed E-state index contributed by atoms with van der Waals surface area (Å²) in [5.41, 5.74) is 0.458. The highest BCUT2D eigenvalue weighted by atomic mass is 16.5. The normalized spacial score (nSPS) is 19.3. The van der Waals surface area contributed by atoms with Gasteiger partial charge in [-0.15, -0.1) is 0 Å². The van der Waals surface area contributed by atoms with E-state index in [0.717, 1.165) is 0 Å². The summed E-state index contributed by atoms with van der Waals surface area (Å²) in [4.78, 5) is 21.9. The molecule has 1 amide bonds. The minimum absolute atomic E-state index is 0.178. The number of alkyl carbamates (subject to hydrolysis) is 1. The Morgan fingerprint density at radius 3 is 2.88 bits per heavy atom. The number of amides is 1. The van der Waals surface area contributed by atoms with Gasteiger partial charge < -0.3 is 20.3 Å². The van der Waals surface area contributed by atoms with Gasteiger partial charge >= 0.3 is 12.1 Å². The third-order valence-electron chi connectivity index (χ3n) is 2.59. The van der Waals surface area contributed by atoms with Crippen molar-refractivity contribution < 1.29 is 24.5 Å². The van der Waals surface area contributed by atoms with Crippen molar-refractivity contribution in [1.82, 2.24) is 5.32 Å². The standard InChI is InChI=1S/C11H11NO5/c13-9-2-1-6(5-7(9)10(14)15)8-3-4-17-11(16)12-8/h1-2,5,8,13H,3-4H2,(H,12,16)(H,14,15)/t8-/m0/s1. The van der Waals surface area contributed by atoms with Crippen LogP contribution in [0.15, 0.2) is 18.2 Å². The minimum atomic E-state index is -1.21. The van der Waals surface area contributed by atoms with Crippen LogP contribution in [0.2, 0.25) is 0 Å². The number of cyclic esters (lactones) is 1. The van der Waals surface area contributed by atoms with Crippen LogP contribution < -0.4 is 5.32 Å². The van der Waals surface area contributed by atoms with Crippen LogP contribution >= 0.6 is 0 Å². The lowest BCUT2D eigenvalue weighted by Gasteiger charge is -2.23. The fraction of sp³-hybridized carbons (Fsp3) is 0.273. The van der Waals surface area contributed by atoms with Crippen molar-refractivity contribution in [3.05, 3.63) is 29.3 Å². The average molecular weight is 237 g/mol. The molecule has 0 aromatic heterocycles. The molecule has 1 atom stereocenters. The Balaban J connectivity index is 2.29. The van der Waals surface area contributed by atoms with Gasteiger partial charge in [-0.25, -0.2) is 9.59 Å². The van der Waals surface area contributed by atoms with Crippen molar-refractivity contribution in [1.29, 1.82) is 0 Å². The van der Waals surface area contributed by atoms with E-state index in [4.69, 9.17) is 9.84 Å². The van der Waals surface area contributed by atoms with Gasteiger partial charge in [0.25, 0.3) is 0 Å². The molecule has 6 heteroatoms. The summed E-state index contributed by atoms with van der Waals surface area (Å²) >= 11 is 0. The molecule has 1 aliphatic heterocycles. The van der Waals surface area contributed by atoms with E-state index in [0.29, 0.717) is 18.6 Å². The lowest BCUT2D eigenvalue weighted by Crippen LogP contribution is -2.35. The Hall–Kier alpha value is -2.24. The van der Waals surface area contributed by atoms with E-state index in [-0.39, 0.29) is 17.4 Å². The highest BCUT2D eigenvalue weighted by molar-refractivity contribution is 5.91. The number of carboxylic acid groups (broad SMARTS) is 1. The van der Waals surface area contributed by atoms with Crippen LogP contribution in [0.3, 0.4) is 0 Å². The Bertz CT molecular complexity index is 471. The lowest BCUT2D eigenvalue weighted by atomic mass is 10.0. The molecular formula is C11H11NO5. The molecule has 0 saturated carbocycles. The van der Waals surface area contributed by atoms with Crippen LogP contribution in [-0.2, 0) is 4.74 Å². The summed E-state index contributed by atoms with van der Waals surface area (Å²) in [6.45, 7) is 0.291. The number of ether oxygens (including phenoxy) is 1. The molecule has 6 nitrogen and oxygen atoms in total. The first-order chi connectivity index (χ1) is 8.08. The van der Waals surface area contributed by atoms with E-state index in [9.17, 15) is 14.7 Å². The van der Waals surface area contributed by atoms with Gasteiger partial charge in [-0.1, -0.05) is 6.07 Å². The summed E-state index contributed by atoms with van der Waals surface area (Å²) in [5.74, 6) is -1.50. The summed E-state index contributed by atoms with van der Waals surface area (Å²) in [7, 11) is 0. The number of hydrogen-bond donors (Lipinski definition) is 3. The molecule has 0 unspecified atom stereocenters. The number of carbonyl (C=O) groups is 2. The van der Waals surface area contributed by atoms with Crippen LogP contribution in [0, 0.1) is 0 Å². The molecule has 0 aliphatic carbocycles. The maximum atomic E-state index is 11.0. The highest BCUT2D eigenvalue weighted by Crippen LogP contribution is 2.25. The predicted molar refractivity (Wildman–Crippen MR) is 56.9 cm³/mol. The van der Waals surface area contributed by atoms with Crippen molar-refractivity contribution in [2.75, 3.05) is 6.61 Å². The van der Waals surface area contributed by atoms with Gasteiger partial charge in [0.05, 0.1) is 12.6 Å². The van der Waals surface area contributed by atoms with Gasteiger partial charge in [-0.2, -0.15) is 0 Å². The number of rotatable bonds is 2. The molecule has 0 radical (unpaired) electrons. The Morgan fingerprint density at radius 2 is 2.24 bits per heavy atom. The van der Waals surface area contributed by atoms with Crippen molar-refractivity contribution in [2.24, 2.45) is 0 Å². The number of carboxylic acids is 1. The monoisotopic (exact) mass is 237 g/mol.